The van der Waals surface area contributed by atoms with Gasteiger partial charge in [0.25, 0.3) is 0 Å². The highest BCUT2D eigenvalue weighted by molar-refractivity contribution is 6.06. The number of halogens is 1. The Labute approximate surface area is 91.6 Å². The number of aromatic amines is 1. The molecule has 82 valence electrons. The van der Waals surface area contributed by atoms with Crippen molar-refractivity contribution in [3.05, 3.63) is 35.3 Å². The number of nitrogens with zero attached hydrogens (tertiary/aromatic N) is 1. The molecule has 0 spiro atoms. The molecule has 0 radical (unpaired) electrons. The van der Waals surface area contributed by atoms with Gasteiger partial charge >= 0.3 is 0 Å². The molecule has 0 amide bonds. The summed E-state index contributed by atoms with van der Waals surface area (Å²) < 4.78 is 13.2. The predicted octanol–water partition coefficient (Wildman–Crippen LogP) is 2.82. The van der Waals surface area contributed by atoms with E-state index in [-0.39, 0.29) is 5.82 Å². The van der Waals surface area contributed by atoms with Gasteiger partial charge in [-0.3, -0.25) is 0 Å². The van der Waals surface area contributed by atoms with Gasteiger partial charge in [0.1, 0.15) is 11.5 Å². The molecule has 4 heteroatoms. The van der Waals surface area contributed by atoms with E-state index in [4.69, 9.17) is 5.21 Å². The van der Waals surface area contributed by atoms with Crippen LogP contribution in [0.3, 0.4) is 0 Å². The molecule has 3 rings (SSSR count). The number of aromatic nitrogens is 1. The molecule has 2 aromatic rings. The Kier molecular flexibility index (Phi) is 1.96. The Balaban J connectivity index is 2.33. The van der Waals surface area contributed by atoms with Crippen LogP contribution in [0.25, 0.3) is 10.9 Å². The van der Waals surface area contributed by atoms with Gasteiger partial charge in [0.05, 0.1) is 5.69 Å². The van der Waals surface area contributed by atoms with Gasteiger partial charge < -0.3 is 10.2 Å². The largest absolute Gasteiger partial charge is 0.411 e. The van der Waals surface area contributed by atoms with Gasteiger partial charge in [-0.25, -0.2) is 4.39 Å². The van der Waals surface area contributed by atoms with E-state index < -0.39 is 0 Å². The van der Waals surface area contributed by atoms with E-state index in [1.54, 1.807) is 6.07 Å². The third-order valence-corrected chi connectivity index (χ3v) is 3.12. The Morgan fingerprint density at radius 2 is 2.19 bits per heavy atom. The van der Waals surface area contributed by atoms with Crippen molar-refractivity contribution < 1.29 is 9.60 Å². The summed E-state index contributed by atoms with van der Waals surface area (Å²) in [5, 5.41) is 13.1. The number of H-pyrrole nitrogens is 1. The minimum atomic E-state index is -0.234. The summed E-state index contributed by atoms with van der Waals surface area (Å²) in [6.07, 6.45) is 2.60. The zero-order valence-corrected chi connectivity index (χ0v) is 8.63. The molecule has 1 aromatic carbocycles. The van der Waals surface area contributed by atoms with Gasteiger partial charge in [-0.05, 0) is 43.0 Å². The first-order chi connectivity index (χ1) is 7.79. The summed E-state index contributed by atoms with van der Waals surface area (Å²) in [5.41, 5.74) is 3.48. The SMILES string of the molecule is ON=C1CCCc2c1[nH]c1ccc(F)cc21. The fraction of sp³-hybridized carbons (Fsp3) is 0.250. The molecule has 2 N–H and O–H groups in total. The molecule has 0 atom stereocenters. The molecular weight excluding hydrogens is 207 g/mol. The van der Waals surface area contributed by atoms with Crippen LogP contribution in [0.2, 0.25) is 0 Å². The summed E-state index contributed by atoms with van der Waals surface area (Å²) in [6, 6.07) is 4.68. The summed E-state index contributed by atoms with van der Waals surface area (Å²) in [7, 11) is 0. The molecule has 0 fully saturated rings. The highest BCUT2D eigenvalue weighted by Crippen LogP contribution is 2.29. The standard InChI is InChI=1S/C12H11FN2O/c13-7-4-5-10-9(6-7)8-2-1-3-11(15-16)12(8)14-10/h4-6,14,16H,1-3H2. The van der Waals surface area contributed by atoms with Crippen LogP contribution in [0.4, 0.5) is 4.39 Å². The van der Waals surface area contributed by atoms with E-state index in [9.17, 15) is 4.39 Å². The van der Waals surface area contributed by atoms with Crippen molar-refractivity contribution in [1.29, 1.82) is 0 Å². The number of hydrogen-bond acceptors (Lipinski definition) is 2. The third kappa shape index (κ3) is 1.23. The Morgan fingerprint density at radius 3 is 3.00 bits per heavy atom. The lowest BCUT2D eigenvalue weighted by Gasteiger charge is -2.12. The van der Waals surface area contributed by atoms with Crippen molar-refractivity contribution in [3.63, 3.8) is 0 Å². The van der Waals surface area contributed by atoms with Gasteiger partial charge in [0, 0.05) is 10.9 Å². The molecule has 1 aliphatic rings. The van der Waals surface area contributed by atoms with Crippen molar-refractivity contribution in [2.45, 2.75) is 19.3 Å². The van der Waals surface area contributed by atoms with Crippen LogP contribution in [-0.4, -0.2) is 15.9 Å². The van der Waals surface area contributed by atoms with Crippen molar-refractivity contribution in [2.24, 2.45) is 5.16 Å². The van der Waals surface area contributed by atoms with Gasteiger partial charge in [0.2, 0.25) is 0 Å². The zero-order chi connectivity index (χ0) is 11.1. The van der Waals surface area contributed by atoms with Crippen molar-refractivity contribution >= 4 is 16.6 Å². The van der Waals surface area contributed by atoms with Crippen LogP contribution < -0.4 is 0 Å². The predicted molar refractivity (Wildman–Crippen MR) is 59.5 cm³/mol. The maximum Gasteiger partial charge on any atom is 0.123 e. The average Bonchev–Trinajstić information content (AvgIpc) is 2.67. The molecule has 0 bridgehead atoms. The fourth-order valence-corrected chi connectivity index (χ4v) is 2.38. The highest BCUT2D eigenvalue weighted by atomic mass is 19.1. The number of fused-ring (bicyclic) bond motifs is 3. The van der Waals surface area contributed by atoms with Crippen molar-refractivity contribution in [3.8, 4) is 0 Å². The fourth-order valence-electron chi connectivity index (χ4n) is 2.38. The normalized spacial score (nSPS) is 17.9. The molecule has 1 aliphatic carbocycles. The number of nitrogens with one attached hydrogen (secondary N) is 1. The van der Waals surface area contributed by atoms with Gasteiger partial charge in [-0.1, -0.05) is 5.16 Å². The summed E-state index contributed by atoms with van der Waals surface area (Å²) in [5.74, 6) is -0.234. The molecule has 0 unspecified atom stereocenters. The minimum absolute atomic E-state index is 0.234. The lowest BCUT2D eigenvalue weighted by Crippen LogP contribution is -2.10. The Bertz CT molecular complexity index is 586. The first-order valence-corrected chi connectivity index (χ1v) is 5.31. The molecular formula is C12H11FN2O. The first-order valence-electron chi connectivity index (χ1n) is 5.31. The van der Waals surface area contributed by atoms with Crippen molar-refractivity contribution in [2.75, 3.05) is 0 Å². The molecule has 1 aromatic heterocycles. The highest BCUT2D eigenvalue weighted by Gasteiger charge is 2.20. The van der Waals surface area contributed by atoms with Crippen LogP contribution in [0.1, 0.15) is 24.1 Å². The number of aryl methyl sites for hydroxylation is 1. The number of rotatable bonds is 0. The quantitative estimate of drug-likeness (QED) is 0.518. The van der Waals surface area contributed by atoms with E-state index in [2.05, 4.69) is 10.1 Å². The van der Waals surface area contributed by atoms with E-state index in [0.29, 0.717) is 5.71 Å². The van der Waals surface area contributed by atoms with Crippen molar-refractivity contribution in [1.82, 2.24) is 4.98 Å². The Morgan fingerprint density at radius 1 is 1.31 bits per heavy atom. The lowest BCUT2D eigenvalue weighted by molar-refractivity contribution is 0.317. The second-order valence-electron chi connectivity index (χ2n) is 4.07. The molecule has 0 saturated heterocycles. The topological polar surface area (TPSA) is 48.4 Å². The number of benzene rings is 1. The second-order valence-corrected chi connectivity index (χ2v) is 4.07. The number of oxime groups is 1. The lowest BCUT2D eigenvalue weighted by atomic mass is 9.94. The van der Waals surface area contributed by atoms with Gasteiger partial charge in [0.15, 0.2) is 0 Å². The van der Waals surface area contributed by atoms with Gasteiger partial charge in [-0.15, -0.1) is 0 Å². The van der Waals surface area contributed by atoms with Crippen LogP contribution in [0.5, 0.6) is 0 Å². The summed E-state index contributed by atoms with van der Waals surface area (Å²) in [6.45, 7) is 0. The van der Waals surface area contributed by atoms with E-state index in [1.807, 2.05) is 0 Å². The van der Waals surface area contributed by atoms with E-state index in [0.717, 1.165) is 41.4 Å². The van der Waals surface area contributed by atoms with Crippen LogP contribution in [0, 0.1) is 5.82 Å². The molecule has 1 heterocycles. The maximum absolute atomic E-state index is 13.2. The minimum Gasteiger partial charge on any atom is -0.411 e. The smallest absolute Gasteiger partial charge is 0.123 e. The van der Waals surface area contributed by atoms with E-state index in [1.165, 1.54) is 12.1 Å². The van der Waals surface area contributed by atoms with Crippen LogP contribution in [-0.2, 0) is 6.42 Å². The maximum atomic E-state index is 13.2. The van der Waals surface area contributed by atoms with Gasteiger partial charge in [-0.2, -0.15) is 0 Å². The average molecular weight is 218 g/mol. The number of hydrogen-bond donors (Lipinski definition) is 2. The monoisotopic (exact) mass is 218 g/mol. The molecule has 3 nitrogen and oxygen atoms in total. The molecule has 16 heavy (non-hydrogen) atoms. The zero-order valence-electron chi connectivity index (χ0n) is 8.63. The first kappa shape index (κ1) is 9.39. The van der Waals surface area contributed by atoms with Crippen LogP contribution in [0.15, 0.2) is 23.4 Å². The van der Waals surface area contributed by atoms with E-state index >= 15 is 0 Å². The molecule has 0 aliphatic heterocycles. The Hall–Kier alpha value is -1.84. The second kappa shape index (κ2) is 3.33. The summed E-state index contributed by atoms with van der Waals surface area (Å²) in [4.78, 5) is 3.19. The van der Waals surface area contributed by atoms with Crippen LogP contribution >= 0.6 is 0 Å². The third-order valence-electron chi connectivity index (χ3n) is 3.12. The molecule has 0 saturated carbocycles. The summed E-state index contributed by atoms with van der Waals surface area (Å²) >= 11 is 0.